The van der Waals surface area contributed by atoms with Crippen LogP contribution in [-0.4, -0.2) is 4.98 Å². The Balaban J connectivity index is 2.98. The van der Waals surface area contributed by atoms with Crippen LogP contribution in [0.4, 0.5) is 0 Å². The normalized spacial score (nSPS) is 12.5. The highest BCUT2D eigenvalue weighted by Crippen LogP contribution is 2.16. The van der Waals surface area contributed by atoms with Gasteiger partial charge in [0.15, 0.2) is 0 Å². The highest BCUT2D eigenvalue weighted by molar-refractivity contribution is 5.20. The fourth-order valence-corrected chi connectivity index (χ4v) is 1.20. The van der Waals surface area contributed by atoms with Crippen molar-refractivity contribution in [3.05, 3.63) is 41.7 Å². The van der Waals surface area contributed by atoms with Gasteiger partial charge in [-0.1, -0.05) is 18.2 Å². The predicted molar refractivity (Wildman–Crippen MR) is 53.9 cm³/mol. The standard InChI is InChI=1S/C10H15N3/c1-7(2)10(13-11)9-6-4-5-8(3)12-9/h4-6,10,13H,1,11H2,2-3H3. The molecule has 70 valence electrons. The molecule has 1 rings (SSSR count). The lowest BCUT2D eigenvalue weighted by molar-refractivity contribution is 0.610. The zero-order chi connectivity index (χ0) is 9.84. The number of pyridine rings is 1. The number of nitrogens with two attached hydrogens (primary N) is 1. The van der Waals surface area contributed by atoms with E-state index >= 15 is 0 Å². The van der Waals surface area contributed by atoms with Crippen molar-refractivity contribution >= 4 is 0 Å². The summed E-state index contributed by atoms with van der Waals surface area (Å²) >= 11 is 0. The largest absolute Gasteiger partial charge is 0.271 e. The summed E-state index contributed by atoms with van der Waals surface area (Å²) < 4.78 is 0. The van der Waals surface area contributed by atoms with Crippen molar-refractivity contribution in [2.75, 3.05) is 0 Å². The molecule has 0 saturated carbocycles. The van der Waals surface area contributed by atoms with Crippen LogP contribution in [0.25, 0.3) is 0 Å². The van der Waals surface area contributed by atoms with Crippen LogP contribution in [0.2, 0.25) is 0 Å². The third-order valence-corrected chi connectivity index (χ3v) is 1.87. The van der Waals surface area contributed by atoms with Crippen molar-refractivity contribution in [2.45, 2.75) is 19.9 Å². The molecule has 0 aromatic carbocycles. The predicted octanol–water partition coefficient (Wildman–Crippen LogP) is 1.47. The van der Waals surface area contributed by atoms with Gasteiger partial charge in [0, 0.05) is 5.69 Å². The second-order valence-electron chi connectivity index (χ2n) is 3.15. The Morgan fingerprint density at radius 1 is 1.62 bits per heavy atom. The third kappa shape index (κ3) is 2.37. The van der Waals surface area contributed by atoms with E-state index in [0.29, 0.717) is 0 Å². The molecule has 1 atom stereocenters. The van der Waals surface area contributed by atoms with E-state index in [0.717, 1.165) is 17.0 Å². The monoisotopic (exact) mass is 177 g/mol. The number of nitrogens with one attached hydrogen (secondary N) is 1. The summed E-state index contributed by atoms with van der Waals surface area (Å²) in [5, 5.41) is 0. The first-order valence-electron chi connectivity index (χ1n) is 4.20. The van der Waals surface area contributed by atoms with Crippen LogP contribution >= 0.6 is 0 Å². The van der Waals surface area contributed by atoms with Crippen molar-refractivity contribution in [1.82, 2.24) is 10.4 Å². The molecule has 1 heterocycles. The van der Waals surface area contributed by atoms with Gasteiger partial charge in [-0.15, -0.1) is 0 Å². The molecular weight excluding hydrogens is 162 g/mol. The zero-order valence-electron chi connectivity index (χ0n) is 8.04. The van der Waals surface area contributed by atoms with Crippen molar-refractivity contribution in [3.63, 3.8) is 0 Å². The van der Waals surface area contributed by atoms with Crippen molar-refractivity contribution in [3.8, 4) is 0 Å². The molecule has 0 radical (unpaired) electrons. The molecule has 0 bridgehead atoms. The molecule has 0 fully saturated rings. The molecule has 13 heavy (non-hydrogen) atoms. The topological polar surface area (TPSA) is 50.9 Å². The third-order valence-electron chi connectivity index (χ3n) is 1.87. The van der Waals surface area contributed by atoms with E-state index in [-0.39, 0.29) is 6.04 Å². The molecule has 1 aromatic heterocycles. The maximum absolute atomic E-state index is 5.40. The molecule has 1 unspecified atom stereocenters. The highest BCUT2D eigenvalue weighted by Gasteiger charge is 2.10. The lowest BCUT2D eigenvalue weighted by Crippen LogP contribution is -2.29. The second-order valence-corrected chi connectivity index (χ2v) is 3.15. The first-order valence-corrected chi connectivity index (χ1v) is 4.20. The van der Waals surface area contributed by atoms with Crippen molar-refractivity contribution < 1.29 is 0 Å². The Bertz CT molecular complexity index is 307. The molecule has 0 spiro atoms. The molecule has 0 aliphatic carbocycles. The van der Waals surface area contributed by atoms with Crippen LogP contribution in [0.1, 0.15) is 24.4 Å². The molecular formula is C10H15N3. The van der Waals surface area contributed by atoms with Gasteiger partial charge in [0.25, 0.3) is 0 Å². The average Bonchev–Trinajstić information content (AvgIpc) is 2.04. The summed E-state index contributed by atoms with van der Waals surface area (Å²) in [5.74, 6) is 5.40. The summed E-state index contributed by atoms with van der Waals surface area (Å²) in [6, 6.07) is 5.80. The fraction of sp³-hybridized carbons (Fsp3) is 0.300. The first kappa shape index (κ1) is 9.89. The van der Waals surface area contributed by atoms with Gasteiger partial charge in [-0.05, 0) is 26.0 Å². The minimum atomic E-state index is -0.0556. The highest BCUT2D eigenvalue weighted by atomic mass is 15.2. The van der Waals surface area contributed by atoms with Crippen LogP contribution in [0, 0.1) is 6.92 Å². The lowest BCUT2D eigenvalue weighted by Gasteiger charge is -2.15. The molecule has 3 heteroatoms. The maximum Gasteiger partial charge on any atom is 0.0836 e. The molecule has 3 nitrogen and oxygen atoms in total. The molecule has 0 aliphatic rings. The second kappa shape index (κ2) is 4.16. The van der Waals surface area contributed by atoms with E-state index in [1.165, 1.54) is 0 Å². The van der Waals surface area contributed by atoms with Crippen LogP contribution in [0.15, 0.2) is 30.4 Å². The van der Waals surface area contributed by atoms with Gasteiger partial charge < -0.3 is 0 Å². The fourth-order valence-electron chi connectivity index (χ4n) is 1.20. The Hall–Kier alpha value is -1.19. The molecule has 1 aromatic rings. The van der Waals surface area contributed by atoms with E-state index in [1.54, 1.807) is 0 Å². The number of hydrogen-bond donors (Lipinski definition) is 2. The zero-order valence-corrected chi connectivity index (χ0v) is 8.04. The summed E-state index contributed by atoms with van der Waals surface area (Å²) in [4.78, 5) is 4.36. The lowest BCUT2D eigenvalue weighted by atomic mass is 10.1. The summed E-state index contributed by atoms with van der Waals surface area (Å²) in [5.41, 5.74) is 5.54. The van der Waals surface area contributed by atoms with Crippen molar-refractivity contribution in [1.29, 1.82) is 0 Å². The van der Waals surface area contributed by atoms with E-state index in [2.05, 4.69) is 17.0 Å². The van der Waals surface area contributed by atoms with Crippen LogP contribution in [0.5, 0.6) is 0 Å². The SMILES string of the molecule is C=C(C)C(NN)c1cccc(C)n1. The molecule has 0 saturated heterocycles. The van der Waals surface area contributed by atoms with Gasteiger partial charge in [-0.25, -0.2) is 5.43 Å². The van der Waals surface area contributed by atoms with Gasteiger partial charge in [0.1, 0.15) is 0 Å². The summed E-state index contributed by atoms with van der Waals surface area (Å²) in [6.45, 7) is 7.73. The Morgan fingerprint density at radius 3 is 2.77 bits per heavy atom. The Kier molecular flexibility index (Phi) is 3.17. The molecule has 0 aliphatic heterocycles. The first-order chi connectivity index (χ1) is 6.15. The Morgan fingerprint density at radius 2 is 2.31 bits per heavy atom. The molecule has 3 N–H and O–H groups in total. The van der Waals surface area contributed by atoms with Crippen molar-refractivity contribution in [2.24, 2.45) is 5.84 Å². The van der Waals surface area contributed by atoms with Crippen LogP contribution in [-0.2, 0) is 0 Å². The number of hydrogen-bond acceptors (Lipinski definition) is 3. The smallest absolute Gasteiger partial charge is 0.0836 e. The Labute approximate surface area is 78.6 Å². The summed E-state index contributed by atoms with van der Waals surface area (Å²) in [6.07, 6.45) is 0. The number of aromatic nitrogens is 1. The maximum atomic E-state index is 5.40. The quantitative estimate of drug-likeness (QED) is 0.417. The summed E-state index contributed by atoms with van der Waals surface area (Å²) in [7, 11) is 0. The van der Waals surface area contributed by atoms with Gasteiger partial charge in [-0.2, -0.15) is 0 Å². The molecule has 0 amide bonds. The number of rotatable bonds is 3. The van der Waals surface area contributed by atoms with Gasteiger partial charge in [0.2, 0.25) is 0 Å². The van der Waals surface area contributed by atoms with Gasteiger partial charge in [0.05, 0.1) is 11.7 Å². The van der Waals surface area contributed by atoms with Crippen LogP contribution < -0.4 is 11.3 Å². The minimum Gasteiger partial charge on any atom is -0.271 e. The van der Waals surface area contributed by atoms with Gasteiger partial charge in [-0.3, -0.25) is 10.8 Å². The number of hydrazine groups is 1. The van der Waals surface area contributed by atoms with E-state index in [4.69, 9.17) is 5.84 Å². The van der Waals surface area contributed by atoms with E-state index < -0.39 is 0 Å². The average molecular weight is 177 g/mol. The van der Waals surface area contributed by atoms with Crippen LogP contribution in [0.3, 0.4) is 0 Å². The van der Waals surface area contributed by atoms with E-state index in [1.807, 2.05) is 32.0 Å². The number of nitrogens with zero attached hydrogens (tertiary/aromatic N) is 1. The van der Waals surface area contributed by atoms with Gasteiger partial charge >= 0.3 is 0 Å². The number of aryl methyl sites for hydroxylation is 1. The van der Waals surface area contributed by atoms with E-state index in [9.17, 15) is 0 Å². The minimum absolute atomic E-state index is 0.0556.